The van der Waals surface area contributed by atoms with Crippen LogP contribution in [0, 0.1) is 5.92 Å². The van der Waals surface area contributed by atoms with Crippen LogP contribution in [0.5, 0.6) is 0 Å². The maximum atomic E-state index is 11.0. The largest absolute Gasteiger partial charge is 0.379 e. The molecule has 0 aliphatic carbocycles. The molecular weight excluding hydrogens is 472 g/mol. The third kappa shape index (κ3) is 11.3. The molecule has 0 saturated heterocycles. The minimum absolute atomic E-state index is 0.0417. The van der Waals surface area contributed by atoms with E-state index in [1.807, 2.05) is 20.8 Å². The highest BCUT2D eigenvalue weighted by molar-refractivity contribution is 6.29. The van der Waals surface area contributed by atoms with Gasteiger partial charge >= 0.3 is 0 Å². The number of ether oxygens (including phenoxy) is 1. The first kappa shape index (κ1) is 31.8. The predicted molar refractivity (Wildman–Crippen MR) is 154 cm³/mol. The van der Waals surface area contributed by atoms with Crippen molar-refractivity contribution < 1.29 is 9.53 Å². The van der Waals surface area contributed by atoms with E-state index in [4.69, 9.17) is 16.3 Å². The van der Waals surface area contributed by atoms with Gasteiger partial charge in [-0.2, -0.15) is 0 Å². The van der Waals surface area contributed by atoms with Crippen molar-refractivity contribution in [1.29, 1.82) is 0 Å². The average molecular weight is 519 g/mol. The first-order chi connectivity index (χ1) is 16.9. The van der Waals surface area contributed by atoms with Crippen LogP contribution in [0.15, 0.2) is 30.6 Å². The average Bonchev–Trinajstić information content (AvgIpc) is 2.82. The third-order valence-electron chi connectivity index (χ3n) is 5.94. The molecule has 0 aliphatic heterocycles. The number of aromatic nitrogens is 2. The van der Waals surface area contributed by atoms with E-state index in [0.29, 0.717) is 29.4 Å². The molecule has 0 spiro atoms. The number of halogens is 1. The summed E-state index contributed by atoms with van der Waals surface area (Å²) in [6, 6.07) is 6.94. The van der Waals surface area contributed by atoms with Crippen LogP contribution in [0.3, 0.4) is 0 Å². The zero-order valence-electron chi connectivity index (χ0n) is 23.8. The van der Waals surface area contributed by atoms with Gasteiger partial charge in [-0.1, -0.05) is 58.7 Å². The number of carbonyl (C=O) groups excluding carboxylic acids is 1. The van der Waals surface area contributed by atoms with Gasteiger partial charge in [-0.05, 0) is 63.1 Å². The van der Waals surface area contributed by atoms with E-state index in [9.17, 15) is 4.79 Å². The quantitative estimate of drug-likeness (QED) is 0.287. The second-order valence-electron chi connectivity index (χ2n) is 10.6. The molecule has 0 fully saturated rings. The van der Waals surface area contributed by atoms with Gasteiger partial charge in [0.15, 0.2) is 0 Å². The molecule has 7 heteroatoms. The smallest absolute Gasteiger partial charge is 0.149 e. The second kappa shape index (κ2) is 15.8. The van der Waals surface area contributed by atoms with Gasteiger partial charge in [0.1, 0.15) is 17.3 Å². The Kier molecular flexibility index (Phi) is 14.0. The van der Waals surface area contributed by atoms with Crippen LogP contribution in [0.2, 0.25) is 5.15 Å². The fourth-order valence-electron chi connectivity index (χ4n) is 3.76. The number of nitrogens with zero attached hydrogens (tertiary/aromatic N) is 3. The number of hydrogen-bond acceptors (Lipinski definition) is 6. The molecule has 202 valence electrons. The van der Waals surface area contributed by atoms with E-state index >= 15 is 0 Å². The normalized spacial score (nSPS) is 13.0. The Morgan fingerprint density at radius 3 is 2.28 bits per heavy atom. The van der Waals surface area contributed by atoms with E-state index < -0.39 is 0 Å². The highest BCUT2D eigenvalue weighted by Gasteiger charge is 2.22. The van der Waals surface area contributed by atoms with Crippen molar-refractivity contribution in [2.75, 3.05) is 23.9 Å². The van der Waals surface area contributed by atoms with Crippen molar-refractivity contribution in [2.45, 2.75) is 98.6 Å². The molecule has 0 radical (unpaired) electrons. The molecule has 0 aliphatic rings. The monoisotopic (exact) mass is 518 g/mol. The summed E-state index contributed by atoms with van der Waals surface area (Å²) in [7, 11) is 1.71. The fourth-order valence-corrected chi connectivity index (χ4v) is 3.85. The Balaban J connectivity index is 0.000000960. The van der Waals surface area contributed by atoms with Crippen LogP contribution in [0.25, 0.3) is 0 Å². The van der Waals surface area contributed by atoms with Crippen LogP contribution >= 0.6 is 11.6 Å². The minimum Gasteiger partial charge on any atom is -0.379 e. The van der Waals surface area contributed by atoms with Crippen molar-refractivity contribution in [1.82, 2.24) is 9.97 Å². The van der Waals surface area contributed by atoms with E-state index in [-0.39, 0.29) is 11.5 Å². The third-order valence-corrected chi connectivity index (χ3v) is 6.14. The summed E-state index contributed by atoms with van der Waals surface area (Å²) in [5, 5.41) is 3.81. The number of benzene rings is 1. The lowest BCUT2D eigenvalue weighted by Crippen LogP contribution is -2.38. The molecule has 1 N–H and O–H groups in total. The van der Waals surface area contributed by atoms with Crippen molar-refractivity contribution in [3.63, 3.8) is 0 Å². The van der Waals surface area contributed by atoms with Crippen molar-refractivity contribution >= 4 is 35.1 Å². The molecular formula is C29H47ClN4O2. The van der Waals surface area contributed by atoms with Gasteiger partial charge in [-0.3, -0.25) is 0 Å². The number of hydrogen-bond donors (Lipinski definition) is 1. The van der Waals surface area contributed by atoms with Crippen LogP contribution < -0.4 is 10.2 Å². The van der Waals surface area contributed by atoms with Gasteiger partial charge in [-0.25, -0.2) is 9.97 Å². The SMILES string of the molecule is CCCC(CC)N(CC(C)C)c1ccc(C(C)CC=O)cc1Nc1cnc(Cl)cn1.COC(C)(C)C. The summed E-state index contributed by atoms with van der Waals surface area (Å²) in [6.07, 6.45) is 8.05. The molecule has 0 bridgehead atoms. The van der Waals surface area contributed by atoms with Crippen LogP contribution in [0.4, 0.5) is 17.2 Å². The molecule has 1 aromatic heterocycles. The first-order valence-corrected chi connectivity index (χ1v) is 13.5. The van der Waals surface area contributed by atoms with Crippen LogP contribution in [-0.4, -0.2) is 41.6 Å². The summed E-state index contributed by atoms with van der Waals surface area (Å²) in [4.78, 5) is 22.1. The molecule has 6 nitrogen and oxygen atoms in total. The molecule has 2 atom stereocenters. The van der Waals surface area contributed by atoms with E-state index in [1.165, 1.54) is 0 Å². The maximum absolute atomic E-state index is 11.0. The number of aldehydes is 1. The number of anilines is 3. The molecule has 2 aromatic rings. The Hall–Kier alpha value is -2.18. The van der Waals surface area contributed by atoms with Crippen molar-refractivity contribution in [3.05, 3.63) is 41.3 Å². The topological polar surface area (TPSA) is 67.4 Å². The van der Waals surface area contributed by atoms with Gasteiger partial charge in [0.2, 0.25) is 0 Å². The van der Waals surface area contributed by atoms with Gasteiger partial charge in [0.05, 0.1) is 29.4 Å². The number of methoxy groups -OCH3 is 1. The van der Waals surface area contributed by atoms with E-state index in [2.05, 4.69) is 73.0 Å². The van der Waals surface area contributed by atoms with E-state index in [1.54, 1.807) is 19.5 Å². The van der Waals surface area contributed by atoms with Gasteiger partial charge in [0.25, 0.3) is 0 Å². The second-order valence-corrected chi connectivity index (χ2v) is 11.0. The minimum atomic E-state index is 0.0417. The molecule has 2 rings (SSSR count). The molecule has 36 heavy (non-hydrogen) atoms. The van der Waals surface area contributed by atoms with Crippen molar-refractivity contribution in [3.8, 4) is 0 Å². The lowest BCUT2D eigenvalue weighted by molar-refractivity contribution is -0.108. The molecule has 1 aromatic carbocycles. The molecule has 1 heterocycles. The summed E-state index contributed by atoms with van der Waals surface area (Å²) in [5.74, 6) is 1.34. The van der Waals surface area contributed by atoms with Crippen molar-refractivity contribution in [2.24, 2.45) is 5.92 Å². The zero-order chi connectivity index (χ0) is 27.3. The summed E-state index contributed by atoms with van der Waals surface area (Å²) in [6.45, 7) is 18.1. The Morgan fingerprint density at radius 2 is 1.81 bits per heavy atom. The highest BCUT2D eigenvalue weighted by Crippen LogP contribution is 2.35. The van der Waals surface area contributed by atoms with Gasteiger partial charge in [-0.15, -0.1) is 0 Å². The summed E-state index contributed by atoms with van der Waals surface area (Å²) >= 11 is 5.91. The maximum Gasteiger partial charge on any atom is 0.149 e. The van der Waals surface area contributed by atoms with Gasteiger partial charge in [0, 0.05) is 26.1 Å². The number of rotatable bonds is 12. The molecule has 2 unspecified atom stereocenters. The Labute approximate surface area is 224 Å². The number of nitrogens with one attached hydrogen (secondary N) is 1. The molecule has 0 saturated carbocycles. The standard InChI is InChI=1S/C24H35ClN4O.C5H12O/c1-6-8-20(7-2)29(16-17(3)4)22-10-9-19(18(5)11-12-30)13-21(22)28-24-15-26-23(25)14-27-24;1-5(2,3)6-4/h9-10,12-15,17-18,20H,6-8,11,16H2,1-5H3,(H,27,28);1-4H3. The predicted octanol–water partition coefficient (Wildman–Crippen LogP) is 8.04. The lowest BCUT2D eigenvalue weighted by atomic mass is 9.96. The highest BCUT2D eigenvalue weighted by atomic mass is 35.5. The van der Waals surface area contributed by atoms with E-state index in [0.717, 1.165) is 49.0 Å². The zero-order valence-corrected chi connectivity index (χ0v) is 24.5. The first-order valence-electron chi connectivity index (χ1n) is 13.1. The van der Waals surface area contributed by atoms with Crippen LogP contribution in [0.1, 0.15) is 92.6 Å². The molecule has 0 amide bonds. The lowest BCUT2D eigenvalue weighted by Gasteiger charge is -2.36. The number of carbonyl (C=O) groups is 1. The van der Waals surface area contributed by atoms with Crippen LogP contribution in [-0.2, 0) is 9.53 Å². The Morgan fingerprint density at radius 1 is 1.14 bits per heavy atom. The summed E-state index contributed by atoms with van der Waals surface area (Å²) in [5.41, 5.74) is 3.31. The van der Waals surface area contributed by atoms with Gasteiger partial charge < -0.3 is 19.7 Å². The summed E-state index contributed by atoms with van der Waals surface area (Å²) < 4.78 is 4.94. The Bertz CT molecular complexity index is 897. The fraction of sp³-hybridized carbons (Fsp3) is 0.621.